The molecule has 1 unspecified atom stereocenters. The molecular formula is C30H31N8O15ReS-. The first-order valence-electron chi connectivity index (χ1n) is 14.4. The number of carboxylic acids is 4. The molecule has 3 aromatic rings. The summed E-state index contributed by atoms with van der Waals surface area (Å²) in [5.41, 5.74) is 1.00. The van der Waals surface area contributed by atoms with Gasteiger partial charge in [0.15, 0.2) is 0 Å². The summed E-state index contributed by atoms with van der Waals surface area (Å²) in [6, 6.07) is 6.36. The Morgan fingerprint density at radius 1 is 0.673 bits per heavy atom. The van der Waals surface area contributed by atoms with Crippen LogP contribution in [0.3, 0.4) is 0 Å². The van der Waals surface area contributed by atoms with E-state index in [9.17, 15) is 37.5 Å². The number of benzene rings is 1. The predicted octanol–water partition coefficient (Wildman–Crippen LogP) is -1.63. The minimum absolute atomic E-state index is 0. The number of hydrogen-bond donors (Lipinski definition) is 5. The van der Waals surface area contributed by atoms with Gasteiger partial charge in [-0.2, -0.15) is 0 Å². The monoisotopic (exact) mass is 962 g/mol. The number of imidazole rings is 2. The number of carboxylic acid groups (broad SMARTS) is 4. The molecule has 0 bridgehead atoms. The number of nitrogens with zero attached hydrogens (tertiary/aromatic N) is 7. The van der Waals surface area contributed by atoms with Crippen molar-refractivity contribution in [3.8, 4) is 0 Å². The largest absolute Gasteiger partial charge is 0 e. The molecule has 0 spiro atoms. The van der Waals surface area contributed by atoms with Gasteiger partial charge in [-0.15, -0.1) is 0 Å². The predicted molar refractivity (Wildman–Crippen MR) is 172 cm³/mol. The fraction of sp³-hybridized carbons (Fsp3) is 0.300. The van der Waals surface area contributed by atoms with Crippen molar-refractivity contribution in [1.29, 1.82) is 0 Å². The summed E-state index contributed by atoms with van der Waals surface area (Å²) in [5.74, 6) is -6.52. The zero-order valence-corrected chi connectivity index (χ0v) is 31.7. The molecule has 0 aliphatic rings. The molecule has 2 amide bonds. The van der Waals surface area contributed by atoms with Crippen LogP contribution in [0.25, 0.3) is 0 Å². The number of aliphatic carboxylic acids is 4. The Hall–Kier alpha value is -5.79. The molecule has 23 nitrogen and oxygen atoms in total. The molecule has 0 aliphatic carbocycles. The van der Waals surface area contributed by atoms with Crippen molar-refractivity contribution in [2.24, 2.45) is 0 Å². The molecule has 1 aromatic carbocycles. The van der Waals surface area contributed by atoms with Gasteiger partial charge in [-0.3, -0.25) is 37.9 Å². The third-order valence-corrected chi connectivity index (χ3v) is 6.92. The first-order chi connectivity index (χ1) is 25.7. The van der Waals surface area contributed by atoms with Crippen molar-refractivity contribution in [3.63, 3.8) is 0 Å². The Morgan fingerprint density at radius 3 is 1.33 bits per heavy atom. The Labute approximate surface area is 327 Å². The Balaban J connectivity index is 0. The van der Waals surface area contributed by atoms with E-state index in [1.165, 1.54) is 46.1 Å². The molecule has 0 saturated heterocycles. The molecule has 2 heterocycles. The Morgan fingerprint density at radius 2 is 1.02 bits per heavy atom. The zero-order chi connectivity index (χ0) is 41.4. The first-order valence-corrected chi connectivity index (χ1v) is 15.5. The number of rotatable bonds is 20. The van der Waals surface area contributed by atoms with E-state index in [1.54, 1.807) is 17.0 Å². The van der Waals surface area contributed by atoms with E-state index in [-0.39, 0.29) is 40.1 Å². The fourth-order valence-corrected chi connectivity index (χ4v) is 4.81. The summed E-state index contributed by atoms with van der Waals surface area (Å²) < 4.78 is 49.5. The minimum atomic E-state index is -2.54. The van der Waals surface area contributed by atoms with Crippen LogP contribution in [-0.2, 0) is 107 Å². The topological polar surface area (TPSA) is 341 Å². The maximum absolute atomic E-state index is 12.9. The molecule has 3 rings (SSSR count). The van der Waals surface area contributed by atoms with Gasteiger partial charge in [-0.25, -0.2) is 9.97 Å². The molecule has 2 aromatic heterocycles. The normalized spacial score (nSPS) is 10.2. The van der Waals surface area contributed by atoms with Crippen LogP contribution in [0, 0.1) is 20.0 Å². The summed E-state index contributed by atoms with van der Waals surface area (Å²) in [7, 11) is 0. The molecule has 0 saturated carbocycles. The van der Waals surface area contributed by atoms with Gasteiger partial charge in [0.2, 0.25) is 11.8 Å². The number of anilines is 1. The molecule has 0 aliphatic heterocycles. The summed E-state index contributed by atoms with van der Waals surface area (Å²) in [5, 5.41) is 36.5. The summed E-state index contributed by atoms with van der Waals surface area (Å²) in [4.78, 5) is 82.3. The zero-order valence-electron chi connectivity index (χ0n) is 28.2. The standard InChI is InChI=1S/C27H32N8O12S.3CO.Re/c36-22(34(14-24(38)39)15-25(40)41)12-32-7-5-28-20(32)10-31(9-18-1-3-19(4-2-18)30-48(46)47)11-21-29-6-8-33(21)13-23(37)35(16-26(42)43)17-27(44)45;3*1-2;/h1-8,30H,9-17H2,(H,38,39)(H,40,41)(H,42,43)(H,44,45)(H,46,47);;;;/p-1. The number of hydrogen-bond acceptors (Lipinski definition) is 11. The maximum Gasteiger partial charge on any atom is 0 e. The Bertz CT molecular complexity index is 1670. The van der Waals surface area contributed by atoms with E-state index < -0.39 is 86.2 Å². The third kappa shape index (κ3) is 19.7. The number of nitrogens with one attached hydrogen (secondary N) is 1. The summed E-state index contributed by atoms with van der Waals surface area (Å²) in [6.07, 6.45) is 5.69. The second kappa shape index (κ2) is 27.8. The van der Waals surface area contributed by atoms with Crippen LogP contribution >= 0.6 is 0 Å². The van der Waals surface area contributed by atoms with Gasteiger partial charge in [-0.1, -0.05) is 12.1 Å². The average molecular weight is 962 g/mol. The van der Waals surface area contributed by atoms with Crippen molar-refractivity contribution in [2.45, 2.75) is 32.7 Å². The van der Waals surface area contributed by atoms with Gasteiger partial charge in [-0.05, 0) is 17.7 Å². The van der Waals surface area contributed by atoms with Crippen molar-refractivity contribution < 1.29 is 92.3 Å². The van der Waals surface area contributed by atoms with Crippen LogP contribution in [0.2, 0.25) is 0 Å². The van der Waals surface area contributed by atoms with E-state index in [1.807, 2.05) is 0 Å². The van der Waals surface area contributed by atoms with Gasteiger partial charge in [0.1, 0.15) is 50.9 Å². The maximum atomic E-state index is 12.9. The van der Waals surface area contributed by atoms with Gasteiger partial charge in [0.05, 0.1) is 13.1 Å². The quantitative estimate of drug-likeness (QED) is 0.0482. The van der Waals surface area contributed by atoms with E-state index >= 15 is 0 Å². The molecule has 295 valence electrons. The fourth-order valence-electron chi connectivity index (χ4n) is 4.48. The minimum Gasteiger partial charge on any atom is 0 e. The number of aromatic nitrogens is 4. The van der Waals surface area contributed by atoms with Crippen LogP contribution in [0.15, 0.2) is 49.1 Å². The van der Waals surface area contributed by atoms with Gasteiger partial charge in [0.25, 0.3) is 0 Å². The SMILES string of the molecule is O=C(O)CN(CC(=O)O)C(=O)Cn1ccnc1CN(Cc1ccc(NS(=O)[O-])cc1)Cc1nccn1CC(=O)N(CC(=O)O)CC(=O)O.[C-]#[O+].[C-]#[O+].[C-]#[O+].[Re]. The molecule has 1 radical (unpaired) electrons. The van der Waals surface area contributed by atoms with Crippen molar-refractivity contribution in [1.82, 2.24) is 33.8 Å². The third-order valence-electron chi connectivity index (χ3n) is 6.52. The van der Waals surface area contributed by atoms with Crippen molar-refractivity contribution in [2.75, 3.05) is 30.9 Å². The van der Waals surface area contributed by atoms with Crippen LogP contribution < -0.4 is 4.72 Å². The Kier molecular flexibility index (Phi) is 25.9. The van der Waals surface area contributed by atoms with Crippen LogP contribution in [0.5, 0.6) is 0 Å². The molecule has 1 atom stereocenters. The molecule has 0 fully saturated rings. The second-order valence-corrected chi connectivity index (χ2v) is 10.9. The van der Waals surface area contributed by atoms with Crippen molar-refractivity contribution in [3.05, 3.63) is 86.2 Å². The second-order valence-electron chi connectivity index (χ2n) is 10.2. The van der Waals surface area contributed by atoms with E-state index in [4.69, 9.17) is 34.4 Å². The molecule has 5 N–H and O–H groups in total. The van der Waals surface area contributed by atoms with Crippen LogP contribution in [-0.4, -0.2) is 125 Å². The number of carbonyl (C=O) groups is 6. The average Bonchev–Trinajstić information content (AvgIpc) is 3.75. The number of carbonyl (C=O) groups excluding carboxylic acids is 2. The van der Waals surface area contributed by atoms with E-state index in [2.05, 4.69) is 34.6 Å². The van der Waals surface area contributed by atoms with Crippen molar-refractivity contribution >= 4 is 52.6 Å². The smallest absolute Gasteiger partial charge is 0 e. The molecule has 25 heteroatoms. The van der Waals surface area contributed by atoms with Crippen LogP contribution in [0.4, 0.5) is 5.69 Å². The molecular weight excluding hydrogens is 931 g/mol. The van der Waals surface area contributed by atoms with Crippen LogP contribution in [0.1, 0.15) is 17.2 Å². The van der Waals surface area contributed by atoms with E-state index in [0.29, 0.717) is 32.7 Å². The van der Waals surface area contributed by atoms with Gasteiger partial charge in [0, 0.05) is 68.7 Å². The first kappa shape index (κ1) is 51.3. The number of amides is 2. The molecule has 55 heavy (non-hydrogen) atoms. The van der Waals surface area contributed by atoms with Gasteiger partial charge < -0.3 is 48.6 Å². The van der Waals surface area contributed by atoms with E-state index in [0.717, 1.165) is 0 Å². The summed E-state index contributed by atoms with van der Waals surface area (Å²) >= 11 is -2.54. The van der Waals surface area contributed by atoms with Gasteiger partial charge >= 0.3 is 57.8 Å². The summed E-state index contributed by atoms with van der Waals surface area (Å²) in [6.45, 7) is 9.59.